The predicted molar refractivity (Wildman–Crippen MR) is 82.8 cm³/mol. The second-order valence-electron chi connectivity index (χ2n) is 6.76. The zero-order chi connectivity index (χ0) is 16.4. The molecule has 1 amide bonds. The number of alkyl carbamates (subject to hydrolysis) is 1. The van der Waals surface area contributed by atoms with E-state index < -0.39 is 23.2 Å². The van der Waals surface area contributed by atoms with Gasteiger partial charge in [-0.3, -0.25) is 0 Å². The van der Waals surface area contributed by atoms with Crippen LogP contribution in [0.25, 0.3) is 0 Å². The molecule has 0 saturated heterocycles. The van der Waals surface area contributed by atoms with Crippen LogP contribution in [-0.4, -0.2) is 28.3 Å². The zero-order valence-electron chi connectivity index (χ0n) is 13.3. The van der Waals surface area contributed by atoms with E-state index in [1.165, 1.54) is 0 Å². The van der Waals surface area contributed by atoms with E-state index in [-0.39, 0.29) is 5.92 Å². The van der Waals surface area contributed by atoms with Crippen LogP contribution in [0.5, 0.6) is 0 Å². The average Bonchev–Trinajstić information content (AvgIpc) is 2.82. The lowest BCUT2D eigenvalue weighted by atomic mass is 9.82. The lowest BCUT2D eigenvalue weighted by Gasteiger charge is -2.33. The zero-order valence-corrected chi connectivity index (χ0v) is 13.3. The van der Waals surface area contributed by atoms with Crippen LogP contribution in [0.15, 0.2) is 30.3 Å². The molecule has 1 aliphatic rings. The molecule has 120 valence electrons. The van der Waals surface area contributed by atoms with Gasteiger partial charge in [-0.05, 0) is 45.6 Å². The highest BCUT2D eigenvalue weighted by Crippen LogP contribution is 2.43. The number of benzene rings is 1. The summed E-state index contributed by atoms with van der Waals surface area (Å²) in [4.78, 5) is 24.0. The summed E-state index contributed by atoms with van der Waals surface area (Å²) >= 11 is 0. The van der Waals surface area contributed by atoms with E-state index >= 15 is 0 Å². The molecule has 2 rings (SSSR count). The number of amides is 1. The second-order valence-corrected chi connectivity index (χ2v) is 6.76. The first-order valence-electron chi connectivity index (χ1n) is 7.54. The minimum Gasteiger partial charge on any atom is -0.479 e. The van der Waals surface area contributed by atoms with Gasteiger partial charge in [0.1, 0.15) is 11.1 Å². The normalized spacial score (nSPS) is 24.8. The van der Waals surface area contributed by atoms with Crippen molar-refractivity contribution in [1.29, 1.82) is 0 Å². The van der Waals surface area contributed by atoms with Gasteiger partial charge in [-0.25, -0.2) is 9.59 Å². The highest BCUT2D eigenvalue weighted by Gasteiger charge is 2.51. The predicted octanol–water partition coefficient (Wildman–Crippen LogP) is 3.30. The molecule has 1 aromatic rings. The molecular weight excluding hydrogens is 282 g/mol. The number of ether oxygens (including phenoxy) is 1. The highest BCUT2D eigenvalue weighted by molar-refractivity contribution is 5.86. The number of rotatable bonds is 3. The van der Waals surface area contributed by atoms with Gasteiger partial charge in [-0.2, -0.15) is 0 Å². The second kappa shape index (κ2) is 5.99. The van der Waals surface area contributed by atoms with Crippen molar-refractivity contribution in [3.63, 3.8) is 0 Å². The molecule has 5 heteroatoms. The Balaban J connectivity index is 2.28. The summed E-state index contributed by atoms with van der Waals surface area (Å²) in [6.45, 7) is 5.26. The maximum Gasteiger partial charge on any atom is 0.408 e. The Kier molecular flexibility index (Phi) is 4.44. The van der Waals surface area contributed by atoms with Crippen LogP contribution in [0.4, 0.5) is 4.79 Å². The Morgan fingerprint density at radius 3 is 2.45 bits per heavy atom. The quantitative estimate of drug-likeness (QED) is 0.898. The molecule has 0 heterocycles. The fourth-order valence-corrected chi connectivity index (χ4v) is 3.09. The van der Waals surface area contributed by atoms with Gasteiger partial charge in [0.15, 0.2) is 0 Å². The number of carbonyl (C=O) groups excluding carboxylic acids is 1. The van der Waals surface area contributed by atoms with E-state index in [0.717, 1.165) is 18.4 Å². The molecule has 2 N–H and O–H groups in total. The Morgan fingerprint density at radius 2 is 1.91 bits per heavy atom. The lowest BCUT2D eigenvalue weighted by molar-refractivity contribution is -0.145. The van der Waals surface area contributed by atoms with Gasteiger partial charge in [-0.1, -0.05) is 30.3 Å². The summed E-state index contributed by atoms with van der Waals surface area (Å²) in [6.07, 6.45) is 1.20. The number of carbonyl (C=O) groups is 2. The standard InChI is InChI=1S/C17H23NO4/c1-16(2,3)22-15(21)18-17(14(19)20)11-7-10-13(17)12-8-5-4-6-9-12/h4-6,8-9,13H,7,10-11H2,1-3H3,(H,18,21)(H,19,20)/t13-,17-/m1/s1. The molecule has 1 aliphatic carbocycles. The summed E-state index contributed by atoms with van der Waals surface area (Å²) < 4.78 is 5.25. The summed E-state index contributed by atoms with van der Waals surface area (Å²) in [5.41, 5.74) is -1.03. The molecule has 1 saturated carbocycles. The summed E-state index contributed by atoms with van der Waals surface area (Å²) in [7, 11) is 0. The van der Waals surface area contributed by atoms with Gasteiger partial charge < -0.3 is 15.2 Å². The molecule has 2 atom stereocenters. The topological polar surface area (TPSA) is 75.6 Å². The third kappa shape index (κ3) is 3.40. The first kappa shape index (κ1) is 16.3. The third-order valence-electron chi connectivity index (χ3n) is 3.97. The molecule has 5 nitrogen and oxygen atoms in total. The van der Waals surface area contributed by atoms with Gasteiger partial charge in [0.2, 0.25) is 0 Å². The van der Waals surface area contributed by atoms with Crippen LogP contribution in [0.2, 0.25) is 0 Å². The molecule has 1 aromatic carbocycles. The van der Waals surface area contributed by atoms with Crippen molar-refractivity contribution >= 4 is 12.1 Å². The molecule has 0 radical (unpaired) electrons. The van der Waals surface area contributed by atoms with Crippen molar-refractivity contribution in [2.75, 3.05) is 0 Å². The van der Waals surface area contributed by atoms with Crippen molar-refractivity contribution in [1.82, 2.24) is 5.32 Å². The van der Waals surface area contributed by atoms with Gasteiger partial charge in [0.25, 0.3) is 0 Å². The SMILES string of the molecule is CC(C)(C)OC(=O)N[C@]1(C(=O)O)CCC[C@@H]1c1ccccc1. The number of carboxylic acids is 1. The first-order chi connectivity index (χ1) is 10.2. The smallest absolute Gasteiger partial charge is 0.408 e. The van der Waals surface area contributed by atoms with Crippen LogP contribution in [0.3, 0.4) is 0 Å². The fourth-order valence-electron chi connectivity index (χ4n) is 3.09. The molecule has 1 fully saturated rings. The minimum absolute atomic E-state index is 0.251. The van der Waals surface area contributed by atoms with E-state index in [1.54, 1.807) is 20.8 Å². The minimum atomic E-state index is -1.30. The molecule has 0 aromatic heterocycles. The number of nitrogens with one attached hydrogen (secondary N) is 1. The maximum atomic E-state index is 12.1. The molecule has 0 spiro atoms. The molecule has 0 bridgehead atoms. The highest BCUT2D eigenvalue weighted by atomic mass is 16.6. The maximum absolute atomic E-state index is 12.1. The van der Waals surface area contributed by atoms with Gasteiger partial charge in [0.05, 0.1) is 0 Å². The Hall–Kier alpha value is -2.04. The van der Waals surface area contributed by atoms with Gasteiger partial charge >= 0.3 is 12.1 Å². The van der Waals surface area contributed by atoms with Crippen molar-refractivity contribution in [3.8, 4) is 0 Å². The van der Waals surface area contributed by atoms with Crippen LogP contribution < -0.4 is 5.32 Å². The Morgan fingerprint density at radius 1 is 1.27 bits per heavy atom. The average molecular weight is 305 g/mol. The third-order valence-corrected chi connectivity index (χ3v) is 3.97. The van der Waals surface area contributed by atoms with Crippen molar-refractivity contribution in [3.05, 3.63) is 35.9 Å². The van der Waals surface area contributed by atoms with E-state index in [0.29, 0.717) is 6.42 Å². The van der Waals surface area contributed by atoms with E-state index in [4.69, 9.17) is 4.74 Å². The summed E-state index contributed by atoms with van der Waals surface area (Å²) in [6, 6.07) is 9.47. The molecule has 0 aliphatic heterocycles. The lowest BCUT2D eigenvalue weighted by Crippen LogP contribution is -2.57. The van der Waals surface area contributed by atoms with E-state index in [9.17, 15) is 14.7 Å². The number of carboxylic acid groups (broad SMARTS) is 1. The number of hydrogen-bond acceptors (Lipinski definition) is 3. The van der Waals surface area contributed by atoms with Gasteiger partial charge in [0, 0.05) is 5.92 Å². The first-order valence-corrected chi connectivity index (χ1v) is 7.54. The van der Waals surface area contributed by atoms with E-state index in [1.807, 2.05) is 30.3 Å². The van der Waals surface area contributed by atoms with Crippen molar-refractivity contribution in [2.24, 2.45) is 0 Å². The number of hydrogen-bond donors (Lipinski definition) is 2. The summed E-state index contributed by atoms with van der Waals surface area (Å²) in [5.74, 6) is -1.26. The Bertz CT molecular complexity index is 550. The van der Waals surface area contributed by atoms with Crippen LogP contribution in [-0.2, 0) is 9.53 Å². The molecule has 0 unspecified atom stereocenters. The molecular formula is C17H23NO4. The monoisotopic (exact) mass is 305 g/mol. The van der Waals surface area contributed by atoms with Crippen molar-refractivity contribution < 1.29 is 19.4 Å². The summed E-state index contributed by atoms with van der Waals surface area (Å²) in [5, 5.41) is 12.4. The van der Waals surface area contributed by atoms with E-state index in [2.05, 4.69) is 5.32 Å². The van der Waals surface area contributed by atoms with Crippen LogP contribution in [0, 0.1) is 0 Å². The molecule has 22 heavy (non-hydrogen) atoms. The fraction of sp³-hybridized carbons (Fsp3) is 0.529. The van der Waals surface area contributed by atoms with Gasteiger partial charge in [-0.15, -0.1) is 0 Å². The number of aliphatic carboxylic acids is 1. The largest absolute Gasteiger partial charge is 0.479 e. The Labute approximate surface area is 130 Å². The van der Waals surface area contributed by atoms with Crippen LogP contribution >= 0.6 is 0 Å². The van der Waals surface area contributed by atoms with Crippen molar-refractivity contribution in [2.45, 2.75) is 57.1 Å². The van der Waals surface area contributed by atoms with Crippen LogP contribution in [0.1, 0.15) is 51.5 Å².